The van der Waals surface area contributed by atoms with Crippen molar-refractivity contribution in [1.82, 2.24) is 4.90 Å². The third-order valence-corrected chi connectivity index (χ3v) is 10.0. The molecule has 2 bridgehead atoms. The first-order valence-corrected chi connectivity index (χ1v) is 16.1. The zero-order chi connectivity index (χ0) is 32.5. The first kappa shape index (κ1) is 31.7. The zero-order valence-corrected chi connectivity index (χ0v) is 26.3. The Balaban J connectivity index is 1.43. The Labute approximate surface area is 270 Å². The van der Waals surface area contributed by atoms with Crippen molar-refractivity contribution in [3.05, 3.63) is 104 Å². The van der Waals surface area contributed by atoms with E-state index >= 15 is 4.79 Å². The van der Waals surface area contributed by atoms with Crippen molar-refractivity contribution in [2.24, 2.45) is 11.8 Å². The Hall–Kier alpha value is -4.27. The van der Waals surface area contributed by atoms with Gasteiger partial charge in [0, 0.05) is 12.2 Å². The average Bonchev–Trinajstić information content (AvgIpc) is 3.65. The van der Waals surface area contributed by atoms with Crippen LogP contribution >= 0.6 is 0 Å². The van der Waals surface area contributed by atoms with Gasteiger partial charge in [0.15, 0.2) is 0 Å². The maximum Gasteiger partial charge on any atom is 0.312 e. The van der Waals surface area contributed by atoms with E-state index in [-0.39, 0.29) is 31.6 Å². The highest BCUT2D eigenvalue weighted by atomic mass is 16.6. The van der Waals surface area contributed by atoms with E-state index in [1.807, 2.05) is 79.7 Å². The van der Waals surface area contributed by atoms with Gasteiger partial charge in [-0.05, 0) is 67.5 Å². The molecule has 3 fully saturated rings. The van der Waals surface area contributed by atoms with Gasteiger partial charge in [-0.1, -0.05) is 72.8 Å². The van der Waals surface area contributed by atoms with Gasteiger partial charge >= 0.3 is 5.97 Å². The second-order valence-corrected chi connectivity index (χ2v) is 12.9. The number of unbranched alkanes of at least 4 members (excludes halogenated alkanes) is 1. The lowest BCUT2D eigenvalue weighted by molar-refractivity contribution is -0.160. The molecule has 8 nitrogen and oxygen atoms in total. The Kier molecular flexibility index (Phi) is 8.86. The molecule has 2 unspecified atom stereocenters. The summed E-state index contributed by atoms with van der Waals surface area (Å²) < 4.78 is 12.5. The van der Waals surface area contributed by atoms with E-state index in [9.17, 15) is 14.7 Å². The van der Waals surface area contributed by atoms with E-state index < -0.39 is 41.1 Å². The summed E-state index contributed by atoms with van der Waals surface area (Å²) >= 11 is 0. The Bertz CT molecular complexity index is 1640. The number of allylic oxidation sites excluding steroid dienone is 1. The van der Waals surface area contributed by atoms with Gasteiger partial charge in [-0.15, -0.1) is 13.2 Å². The fourth-order valence-corrected chi connectivity index (χ4v) is 7.97. The molecule has 0 radical (unpaired) electrons. The largest absolute Gasteiger partial charge is 0.465 e. The number of likely N-dealkylation sites (tertiary alicyclic amines) is 1. The molecule has 3 aliphatic rings. The molecule has 3 saturated heterocycles. The number of hydrogen-bond acceptors (Lipinski definition) is 6. The van der Waals surface area contributed by atoms with Gasteiger partial charge in [0.2, 0.25) is 5.91 Å². The van der Waals surface area contributed by atoms with Crippen LogP contribution in [0.3, 0.4) is 0 Å². The molecule has 1 spiro atoms. The topological polar surface area (TPSA) is 96.4 Å². The minimum absolute atomic E-state index is 0.199. The van der Waals surface area contributed by atoms with Crippen LogP contribution in [0.15, 0.2) is 98.1 Å². The Morgan fingerprint density at radius 1 is 1.07 bits per heavy atom. The molecule has 3 heterocycles. The van der Waals surface area contributed by atoms with Crippen LogP contribution < -0.4 is 4.90 Å². The van der Waals surface area contributed by atoms with Gasteiger partial charge in [-0.3, -0.25) is 14.4 Å². The lowest BCUT2D eigenvalue weighted by atomic mass is 9.66. The van der Waals surface area contributed by atoms with Crippen LogP contribution in [0.4, 0.5) is 5.69 Å². The number of hydrogen-bond donors (Lipinski definition) is 1. The maximum atomic E-state index is 15.0. The standard InChI is InChI=1S/C38H42N2O6/c1-4-6-12-22-45-36(44)32-31-34(42)40(30(25-41)23-26-13-8-7-9-14-26)33(38(31)20-19-37(32,3)46-38)35(43)39(21-5-2)29-18-17-27-15-10-11-16-28(27)24-29/h4-5,7-11,13-18,24,30-33,41H,1-2,6,12,19-23,25H2,3H3/t30-,31+,32-,33?,37+,38?/m1/s1. The third kappa shape index (κ3) is 5.33. The van der Waals surface area contributed by atoms with Crippen LogP contribution in [0, 0.1) is 11.8 Å². The predicted molar refractivity (Wildman–Crippen MR) is 177 cm³/mol. The number of esters is 1. The molecule has 3 aromatic carbocycles. The molecule has 0 aliphatic carbocycles. The molecule has 0 aromatic heterocycles. The Morgan fingerprint density at radius 3 is 2.52 bits per heavy atom. The van der Waals surface area contributed by atoms with E-state index in [2.05, 4.69) is 13.2 Å². The lowest BCUT2D eigenvalue weighted by Gasteiger charge is -2.39. The summed E-state index contributed by atoms with van der Waals surface area (Å²) in [7, 11) is 0. The normalized spacial score (nSPS) is 27.0. The van der Waals surface area contributed by atoms with Gasteiger partial charge in [-0.2, -0.15) is 0 Å². The molecule has 6 rings (SSSR count). The maximum absolute atomic E-state index is 15.0. The fourth-order valence-electron chi connectivity index (χ4n) is 7.97. The summed E-state index contributed by atoms with van der Waals surface area (Å²) in [4.78, 5) is 46.7. The molecule has 3 aromatic rings. The van der Waals surface area contributed by atoms with Gasteiger partial charge in [0.25, 0.3) is 5.91 Å². The van der Waals surface area contributed by atoms with Crippen molar-refractivity contribution < 1.29 is 29.0 Å². The molecule has 3 aliphatic heterocycles. The molecular weight excluding hydrogens is 580 g/mol. The van der Waals surface area contributed by atoms with Crippen LogP contribution in [0.25, 0.3) is 10.8 Å². The molecule has 240 valence electrons. The number of aliphatic hydroxyl groups is 1. The van der Waals surface area contributed by atoms with E-state index in [1.165, 1.54) is 4.90 Å². The van der Waals surface area contributed by atoms with Gasteiger partial charge < -0.3 is 24.4 Å². The number of amides is 2. The van der Waals surface area contributed by atoms with Gasteiger partial charge in [-0.25, -0.2) is 0 Å². The summed E-state index contributed by atoms with van der Waals surface area (Å²) in [5.74, 6) is -2.97. The van der Waals surface area contributed by atoms with Crippen LogP contribution in [0.1, 0.15) is 38.2 Å². The summed E-state index contributed by atoms with van der Waals surface area (Å²) in [6.07, 6.45) is 6.02. The van der Waals surface area contributed by atoms with Crippen molar-refractivity contribution in [1.29, 1.82) is 0 Å². The Morgan fingerprint density at radius 2 is 1.80 bits per heavy atom. The smallest absolute Gasteiger partial charge is 0.312 e. The van der Waals surface area contributed by atoms with E-state index in [1.54, 1.807) is 17.1 Å². The molecule has 2 amide bonds. The van der Waals surface area contributed by atoms with Gasteiger partial charge in [0.1, 0.15) is 17.6 Å². The third-order valence-electron chi connectivity index (χ3n) is 10.0. The minimum atomic E-state index is -1.26. The summed E-state index contributed by atoms with van der Waals surface area (Å²) in [5, 5.41) is 12.8. The number of fused-ring (bicyclic) bond motifs is 2. The van der Waals surface area contributed by atoms with Crippen molar-refractivity contribution >= 4 is 34.2 Å². The number of nitrogens with zero attached hydrogens (tertiary/aromatic N) is 2. The fraction of sp³-hybridized carbons (Fsp3) is 0.395. The minimum Gasteiger partial charge on any atom is -0.465 e. The number of aliphatic hydroxyl groups excluding tert-OH is 1. The first-order valence-electron chi connectivity index (χ1n) is 16.1. The van der Waals surface area contributed by atoms with E-state index in [0.29, 0.717) is 37.8 Å². The van der Waals surface area contributed by atoms with Crippen molar-refractivity contribution in [3.63, 3.8) is 0 Å². The highest BCUT2D eigenvalue weighted by Crippen LogP contribution is 2.64. The summed E-state index contributed by atoms with van der Waals surface area (Å²) in [6.45, 7) is 9.55. The van der Waals surface area contributed by atoms with Crippen LogP contribution in [-0.4, -0.2) is 70.8 Å². The highest BCUT2D eigenvalue weighted by Gasteiger charge is 2.79. The zero-order valence-electron chi connectivity index (χ0n) is 26.3. The summed E-state index contributed by atoms with van der Waals surface area (Å²) in [6, 6.07) is 21.5. The highest BCUT2D eigenvalue weighted by molar-refractivity contribution is 6.05. The molecule has 1 N–H and O–H groups in total. The van der Waals surface area contributed by atoms with Crippen molar-refractivity contribution in [2.45, 2.75) is 62.3 Å². The summed E-state index contributed by atoms with van der Waals surface area (Å²) in [5.41, 5.74) is -0.631. The van der Waals surface area contributed by atoms with E-state index in [4.69, 9.17) is 9.47 Å². The molecule has 0 saturated carbocycles. The quantitative estimate of drug-likeness (QED) is 0.159. The molecule has 6 atom stereocenters. The van der Waals surface area contributed by atoms with Crippen molar-refractivity contribution in [2.75, 3.05) is 24.7 Å². The van der Waals surface area contributed by atoms with E-state index in [0.717, 1.165) is 16.3 Å². The number of ether oxygens (including phenoxy) is 2. The van der Waals surface area contributed by atoms with Crippen LogP contribution in [0.2, 0.25) is 0 Å². The number of benzene rings is 3. The van der Waals surface area contributed by atoms with Crippen molar-refractivity contribution in [3.8, 4) is 0 Å². The lowest BCUT2D eigenvalue weighted by Crippen LogP contribution is -2.59. The molecule has 46 heavy (non-hydrogen) atoms. The monoisotopic (exact) mass is 622 g/mol. The SMILES string of the molecule is C=CCCCOC(=O)[C@H]1[C@H]2C(=O)N([C@@H](CO)Cc3ccccc3)C(C(=O)N(CC=C)c3ccc4ccccc4c3)C23CC[C@]1(C)O3. The molecular formula is C38H42N2O6. The number of carbonyl (C=O) groups is 3. The van der Waals surface area contributed by atoms with Crippen LogP contribution in [-0.2, 0) is 30.3 Å². The van der Waals surface area contributed by atoms with Crippen LogP contribution in [0.5, 0.6) is 0 Å². The number of rotatable bonds is 13. The molecule has 8 heteroatoms. The second-order valence-electron chi connectivity index (χ2n) is 12.9. The second kappa shape index (κ2) is 12.9. The number of carbonyl (C=O) groups excluding carboxylic acids is 3. The first-order chi connectivity index (χ1) is 22.3. The number of anilines is 1. The van der Waals surface area contributed by atoms with Gasteiger partial charge in [0.05, 0.1) is 30.8 Å². The predicted octanol–water partition coefficient (Wildman–Crippen LogP) is 5.24. The average molecular weight is 623 g/mol.